The molecule has 1 aliphatic rings. The fourth-order valence-corrected chi connectivity index (χ4v) is 3.33. The molecule has 1 saturated carbocycles. The van der Waals surface area contributed by atoms with Gasteiger partial charge >= 0.3 is 0 Å². The van der Waals surface area contributed by atoms with Gasteiger partial charge in [0.25, 0.3) is 5.91 Å². The average Bonchev–Trinajstić information content (AvgIpc) is 2.62. The summed E-state index contributed by atoms with van der Waals surface area (Å²) in [5.41, 5.74) is 8.39. The van der Waals surface area contributed by atoms with Gasteiger partial charge in [0.15, 0.2) is 0 Å². The Morgan fingerprint density at radius 1 is 1.29 bits per heavy atom. The van der Waals surface area contributed by atoms with E-state index in [0.29, 0.717) is 6.42 Å². The molecule has 0 saturated heterocycles. The largest absolute Gasteiger partial charge is 0.326 e. The van der Waals surface area contributed by atoms with Crippen LogP contribution in [-0.2, 0) is 4.79 Å². The van der Waals surface area contributed by atoms with Crippen molar-refractivity contribution >= 4 is 34.8 Å². The maximum Gasteiger partial charge on any atom is 0.252 e. The third-order valence-corrected chi connectivity index (χ3v) is 4.37. The Labute approximate surface area is 135 Å². The first-order valence-electron chi connectivity index (χ1n) is 7.18. The lowest BCUT2D eigenvalue weighted by atomic mass is 10.0. The lowest BCUT2D eigenvalue weighted by Crippen LogP contribution is -2.50. The Kier molecular flexibility index (Phi) is 6.09. The molecule has 0 aliphatic heterocycles. The minimum atomic E-state index is -0.148. The number of hydrogen-bond donors (Lipinski definition) is 1. The Morgan fingerprint density at radius 2 is 2.00 bits per heavy atom. The van der Waals surface area contributed by atoms with Crippen molar-refractivity contribution in [2.24, 2.45) is 5.73 Å². The standard InChI is InChI=1S/C16H20Cl2N2O/c17-10-9-16(21)20(13-6-2-1-3-7-13)15-8-4-5-12(18)11-14(15)19/h1-3,6-7,9-10,12,14-15H,4-5,8,11,19H2/t12?,14-,15-/m1/s1. The molecule has 1 unspecified atom stereocenters. The summed E-state index contributed by atoms with van der Waals surface area (Å²) in [5.74, 6) is -0.148. The van der Waals surface area contributed by atoms with Gasteiger partial charge in [0, 0.05) is 28.7 Å². The number of halogens is 2. The van der Waals surface area contributed by atoms with E-state index in [0.717, 1.165) is 24.9 Å². The number of rotatable bonds is 3. The van der Waals surface area contributed by atoms with Crippen molar-refractivity contribution in [2.75, 3.05) is 4.90 Å². The van der Waals surface area contributed by atoms with Crippen molar-refractivity contribution in [1.29, 1.82) is 0 Å². The Hall–Kier alpha value is -1.03. The summed E-state index contributed by atoms with van der Waals surface area (Å²) >= 11 is 11.8. The number of para-hydroxylation sites is 1. The second-order valence-electron chi connectivity index (χ2n) is 5.33. The number of alkyl halides is 1. The Morgan fingerprint density at radius 3 is 2.67 bits per heavy atom. The van der Waals surface area contributed by atoms with Crippen molar-refractivity contribution in [3.8, 4) is 0 Å². The van der Waals surface area contributed by atoms with Gasteiger partial charge in [0.2, 0.25) is 0 Å². The SMILES string of the molecule is N[C@@H]1CC(Cl)CCC[C@H]1N(C(=O)C=CCl)c1ccccc1. The molecule has 114 valence electrons. The zero-order valence-electron chi connectivity index (χ0n) is 11.8. The number of nitrogens with two attached hydrogens (primary N) is 1. The lowest BCUT2D eigenvalue weighted by molar-refractivity contribution is -0.114. The van der Waals surface area contributed by atoms with Gasteiger partial charge in [-0.1, -0.05) is 29.8 Å². The Bertz CT molecular complexity index is 492. The van der Waals surface area contributed by atoms with Gasteiger partial charge in [-0.25, -0.2) is 0 Å². The van der Waals surface area contributed by atoms with E-state index in [-0.39, 0.29) is 23.4 Å². The predicted octanol–water partition coefficient (Wildman–Crippen LogP) is 3.65. The molecule has 1 aromatic rings. The summed E-state index contributed by atoms with van der Waals surface area (Å²) < 4.78 is 0. The van der Waals surface area contributed by atoms with Crippen LogP contribution in [-0.4, -0.2) is 23.4 Å². The van der Waals surface area contributed by atoms with E-state index in [1.165, 1.54) is 11.6 Å². The van der Waals surface area contributed by atoms with Gasteiger partial charge in [-0.15, -0.1) is 11.6 Å². The van der Waals surface area contributed by atoms with E-state index in [1.54, 1.807) is 4.90 Å². The molecule has 0 heterocycles. The summed E-state index contributed by atoms with van der Waals surface area (Å²) in [7, 11) is 0. The van der Waals surface area contributed by atoms with Crippen LogP contribution >= 0.6 is 23.2 Å². The number of nitrogens with zero attached hydrogens (tertiary/aromatic N) is 1. The number of amides is 1. The molecule has 1 aromatic carbocycles. The molecular formula is C16H20Cl2N2O. The van der Waals surface area contributed by atoms with E-state index in [1.807, 2.05) is 30.3 Å². The minimum Gasteiger partial charge on any atom is -0.326 e. The molecule has 3 nitrogen and oxygen atoms in total. The minimum absolute atomic E-state index is 0.0588. The Balaban J connectivity index is 2.32. The zero-order chi connectivity index (χ0) is 15.2. The number of hydrogen-bond acceptors (Lipinski definition) is 2. The highest BCUT2D eigenvalue weighted by Gasteiger charge is 2.32. The molecule has 1 fully saturated rings. The fraction of sp³-hybridized carbons (Fsp3) is 0.438. The van der Waals surface area contributed by atoms with Crippen molar-refractivity contribution in [3.63, 3.8) is 0 Å². The maximum atomic E-state index is 12.4. The molecule has 5 heteroatoms. The van der Waals surface area contributed by atoms with Crippen LogP contribution in [0.3, 0.4) is 0 Å². The van der Waals surface area contributed by atoms with Crippen LogP contribution in [0.5, 0.6) is 0 Å². The molecule has 0 spiro atoms. The second-order valence-corrected chi connectivity index (χ2v) is 6.20. The van der Waals surface area contributed by atoms with E-state index in [4.69, 9.17) is 28.9 Å². The summed E-state index contributed by atoms with van der Waals surface area (Å²) in [5, 5.41) is 0.0845. The molecule has 3 atom stereocenters. The van der Waals surface area contributed by atoms with Crippen molar-refractivity contribution in [2.45, 2.75) is 43.1 Å². The normalized spacial score (nSPS) is 26.5. The summed E-state index contributed by atoms with van der Waals surface area (Å²) in [6.45, 7) is 0. The van der Waals surface area contributed by atoms with Gasteiger partial charge in [0.1, 0.15) is 0 Å². The first kappa shape index (κ1) is 16.3. The van der Waals surface area contributed by atoms with Crippen LogP contribution in [0.1, 0.15) is 25.7 Å². The highest BCUT2D eigenvalue weighted by atomic mass is 35.5. The van der Waals surface area contributed by atoms with E-state index < -0.39 is 0 Å². The molecule has 1 amide bonds. The quantitative estimate of drug-likeness (QED) is 0.523. The van der Waals surface area contributed by atoms with E-state index >= 15 is 0 Å². The van der Waals surface area contributed by atoms with Gasteiger partial charge in [-0.3, -0.25) is 4.79 Å². The summed E-state index contributed by atoms with van der Waals surface area (Å²) in [6.07, 6.45) is 4.83. The van der Waals surface area contributed by atoms with Crippen molar-refractivity contribution < 1.29 is 4.79 Å². The van der Waals surface area contributed by atoms with Gasteiger partial charge in [0.05, 0.1) is 6.04 Å². The number of carbonyl (C=O) groups is 1. The third kappa shape index (κ3) is 4.22. The summed E-state index contributed by atoms with van der Waals surface area (Å²) in [6, 6.07) is 9.37. The molecule has 0 bridgehead atoms. The van der Waals surface area contributed by atoms with Crippen LogP contribution in [0.2, 0.25) is 0 Å². The highest BCUT2D eigenvalue weighted by Crippen LogP contribution is 2.28. The first-order chi connectivity index (χ1) is 10.1. The number of anilines is 1. The summed E-state index contributed by atoms with van der Waals surface area (Å²) in [4.78, 5) is 14.2. The van der Waals surface area contributed by atoms with Crippen LogP contribution in [0.25, 0.3) is 0 Å². The van der Waals surface area contributed by atoms with Crippen LogP contribution in [0, 0.1) is 0 Å². The van der Waals surface area contributed by atoms with E-state index in [9.17, 15) is 4.79 Å². The second kappa shape index (κ2) is 7.83. The van der Waals surface area contributed by atoms with Gasteiger partial charge in [-0.2, -0.15) is 0 Å². The average molecular weight is 327 g/mol. The monoisotopic (exact) mass is 326 g/mol. The maximum absolute atomic E-state index is 12.4. The lowest BCUT2D eigenvalue weighted by Gasteiger charge is -2.34. The topological polar surface area (TPSA) is 46.3 Å². The molecule has 0 aromatic heterocycles. The fourth-order valence-electron chi connectivity index (χ4n) is 2.86. The smallest absolute Gasteiger partial charge is 0.252 e. The molecule has 1 aliphatic carbocycles. The highest BCUT2D eigenvalue weighted by molar-refractivity contribution is 6.27. The van der Waals surface area contributed by atoms with E-state index in [2.05, 4.69) is 0 Å². The van der Waals surface area contributed by atoms with Gasteiger partial charge in [-0.05, 0) is 37.8 Å². The molecule has 21 heavy (non-hydrogen) atoms. The molecule has 0 radical (unpaired) electrons. The number of carbonyl (C=O) groups excluding carboxylic acids is 1. The van der Waals surface area contributed by atoms with Crippen molar-refractivity contribution in [3.05, 3.63) is 41.9 Å². The van der Waals surface area contributed by atoms with Gasteiger partial charge < -0.3 is 10.6 Å². The zero-order valence-corrected chi connectivity index (χ0v) is 13.3. The molecule has 2 rings (SSSR count). The van der Waals surface area contributed by atoms with Crippen LogP contribution < -0.4 is 10.6 Å². The predicted molar refractivity (Wildman–Crippen MR) is 88.8 cm³/mol. The van der Waals surface area contributed by atoms with Crippen molar-refractivity contribution in [1.82, 2.24) is 0 Å². The first-order valence-corrected chi connectivity index (χ1v) is 8.05. The third-order valence-electron chi connectivity index (χ3n) is 3.85. The number of benzene rings is 1. The molecular weight excluding hydrogens is 307 g/mol. The molecule has 2 N–H and O–H groups in total. The van der Waals surface area contributed by atoms with Crippen LogP contribution in [0.4, 0.5) is 5.69 Å². The van der Waals surface area contributed by atoms with Crippen LogP contribution in [0.15, 0.2) is 41.9 Å².